The average molecular weight is 240 g/mol. The zero-order valence-electron chi connectivity index (χ0n) is 9.88. The minimum Gasteiger partial charge on any atom is -0.485 e. The molecule has 0 aliphatic carbocycles. The van der Waals surface area contributed by atoms with Crippen LogP contribution in [-0.4, -0.2) is 24.2 Å². The predicted molar refractivity (Wildman–Crippen MR) is 63.4 cm³/mol. The van der Waals surface area contributed by atoms with Crippen LogP contribution in [0.5, 0.6) is 11.5 Å². The number of hydrogen-bond acceptors (Lipinski definition) is 5. The number of hydrogen-bond donors (Lipinski definition) is 1. The molecule has 6 heteroatoms. The van der Waals surface area contributed by atoms with Gasteiger partial charge in [0.2, 0.25) is 11.5 Å². The predicted octanol–water partition coefficient (Wildman–Crippen LogP) is 1.72. The lowest BCUT2D eigenvalue weighted by atomic mass is 10.2. The van der Waals surface area contributed by atoms with Crippen LogP contribution >= 0.6 is 0 Å². The maximum atomic E-state index is 11.0. The third-order valence-corrected chi connectivity index (χ3v) is 1.88. The third kappa shape index (κ3) is 3.60. The Hall–Kier alpha value is -1.82. The number of nitrogens with two attached hydrogens (primary N) is 1. The minimum absolute atomic E-state index is 0.140. The zero-order valence-corrected chi connectivity index (χ0v) is 9.88. The van der Waals surface area contributed by atoms with Crippen molar-refractivity contribution < 1.29 is 14.4 Å². The number of para-hydroxylation sites is 1. The topological polar surface area (TPSA) is 87.6 Å². The first-order valence-electron chi connectivity index (χ1n) is 5.33. The number of ether oxygens (including phenoxy) is 2. The molecule has 0 radical (unpaired) electrons. The summed E-state index contributed by atoms with van der Waals surface area (Å²) in [7, 11) is 0. The monoisotopic (exact) mass is 240 g/mol. The summed E-state index contributed by atoms with van der Waals surface area (Å²) < 4.78 is 10.6. The molecular formula is C11H16N2O4. The number of rotatable bonds is 6. The number of benzene rings is 1. The largest absolute Gasteiger partial charge is 0.485 e. The van der Waals surface area contributed by atoms with Crippen molar-refractivity contribution in [3.05, 3.63) is 28.3 Å². The number of nitro groups is 1. The molecular weight excluding hydrogens is 224 g/mol. The van der Waals surface area contributed by atoms with Gasteiger partial charge in [-0.15, -0.1) is 0 Å². The first-order valence-corrected chi connectivity index (χ1v) is 5.33. The van der Waals surface area contributed by atoms with E-state index in [0.29, 0.717) is 6.54 Å². The van der Waals surface area contributed by atoms with Crippen LogP contribution in [0, 0.1) is 10.1 Å². The molecule has 0 aliphatic rings. The lowest BCUT2D eigenvalue weighted by molar-refractivity contribution is -0.387. The van der Waals surface area contributed by atoms with Crippen LogP contribution in [0.25, 0.3) is 0 Å². The van der Waals surface area contributed by atoms with Gasteiger partial charge in [0.05, 0.1) is 11.0 Å². The van der Waals surface area contributed by atoms with Gasteiger partial charge in [-0.05, 0) is 26.0 Å². The molecule has 1 aromatic carbocycles. The molecule has 1 rings (SSSR count). The van der Waals surface area contributed by atoms with Gasteiger partial charge in [-0.2, -0.15) is 0 Å². The second-order valence-electron chi connectivity index (χ2n) is 3.66. The summed E-state index contributed by atoms with van der Waals surface area (Å²) in [5.41, 5.74) is 5.14. The molecule has 0 spiro atoms. The van der Waals surface area contributed by atoms with E-state index in [4.69, 9.17) is 15.2 Å². The molecule has 0 unspecified atom stereocenters. The Morgan fingerprint density at radius 3 is 2.59 bits per heavy atom. The van der Waals surface area contributed by atoms with E-state index in [2.05, 4.69) is 0 Å². The summed E-state index contributed by atoms with van der Waals surface area (Å²) in [6, 6.07) is 4.73. The Labute approximate surface area is 99.5 Å². The van der Waals surface area contributed by atoms with Gasteiger partial charge in [-0.25, -0.2) is 0 Å². The molecule has 0 atom stereocenters. The molecule has 94 valence electrons. The van der Waals surface area contributed by atoms with Crippen LogP contribution in [0.1, 0.15) is 13.8 Å². The van der Waals surface area contributed by atoms with Gasteiger partial charge in [-0.1, -0.05) is 6.07 Å². The standard InChI is InChI=1S/C11H16N2O4/c1-8(2)17-10-5-3-4-9(16-7-6-12)11(10)13(14)15/h3-5,8H,6-7,12H2,1-2H3. The lowest BCUT2D eigenvalue weighted by Gasteiger charge is -2.12. The Morgan fingerprint density at radius 1 is 1.41 bits per heavy atom. The Kier molecular flexibility index (Phi) is 4.71. The van der Waals surface area contributed by atoms with Gasteiger partial charge in [-0.3, -0.25) is 10.1 Å². The molecule has 0 bridgehead atoms. The van der Waals surface area contributed by atoms with Crippen LogP contribution in [0.4, 0.5) is 5.69 Å². The first-order chi connectivity index (χ1) is 8.06. The van der Waals surface area contributed by atoms with Crippen molar-refractivity contribution in [2.45, 2.75) is 20.0 Å². The normalized spacial score (nSPS) is 10.4. The van der Waals surface area contributed by atoms with Gasteiger partial charge in [0.1, 0.15) is 6.61 Å². The summed E-state index contributed by atoms with van der Waals surface area (Å²) in [5, 5.41) is 11.0. The van der Waals surface area contributed by atoms with Crippen LogP contribution in [0.15, 0.2) is 18.2 Å². The highest BCUT2D eigenvalue weighted by atomic mass is 16.6. The molecule has 0 saturated carbocycles. The van der Waals surface area contributed by atoms with Gasteiger partial charge in [0.25, 0.3) is 0 Å². The smallest absolute Gasteiger partial charge is 0.352 e. The van der Waals surface area contributed by atoms with Gasteiger partial charge in [0.15, 0.2) is 0 Å². The van der Waals surface area contributed by atoms with Crippen molar-refractivity contribution in [2.24, 2.45) is 5.73 Å². The van der Waals surface area contributed by atoms with Crippen LogP contribution in [0.3, 0.4) is 0 Å². The highest BCUT2D eigenvalue weighted by molar-refractivity contribution is 5.57. The second-order valence-corrected chi connectivity index (χ2v) is 3.66. The van der Waals surface area contributed by atoms with E-state index in [1.165, 1.54) is 6.07 Å². The number of nitrogens with zero attached hydrogens (tertiary/aromatic N) is 1. The van der Waals surface area contributed by atoms with E-state index in [1.807, 2.05) is 0 Å². The quantitative estimate of drug-likeness (QED) is 0.604. The van der Waals surface area contributed by atoms with E-state index in [0.717, 1.165) is 0 Å². The fourth-order valence-electron chi connectivity index (χ4n) is 1.32. The number of nitro benzene ring substituents is 1. The van der Waals surface area contributed by atoms with Crippen LogP contribution in [0.2, 0.25) is 0 Å². The van der Waals surface area contributed by atoms with E-state index in [1.54, 1.807) is 26.0 Å². The van der Waals surface area contributed by atoms with Gasteiger partial charge < -0.3 is 15.2 Å². The van der Waals surface area contributed by atoms with Crippen LogP contribution < -0.4 is 15.2 Å². The van der Waals surface area contributed by atoms with Crippen molar-refractivity contribution in [2.75, 3.05) is 13.2 Å². The molecule has 1 aromatic rings. The Bertz CT molecular complexity index is 393. The lowest BCUT2D eigenvalue weighted by Crippen LogP contribution is -2.12. The maximum Gasteiger partial charge on any atom is 0.352 e. The highest BCUT2D eigenvalue weighted by Crippen LogP contribution is 2.36. The summed E-state index contributed by atoms with van der Waals surface area (Å²) in [6.45, 7) is 4.13. The average Bonchev–Trinajstić information content (AvgIpc) is 2.25. The maximum absolute atomic E-state index is 11.0. The fraction of sp³-hybridized carbons (Fsp3) is 0.455. The Morgan fingerprint density at radius 2 is 2.06 bits per heavy atom. The van der Waals surface area contributed by atoms with E-state index in [-0.39, 0.29) is 29.9 Å². The third-order valence-electron chi connectivity index (χ3n) is 1.88. The minimum atomic E-state index is -0.510. The van der Waals surface area contributed by atoms with Crippen molar-refractivity contribution >= 4 is 5.69 Å². The van der Waals surface area contributed by atoms with Crippen molar-refractivity contribution in [1.82, 2.24) is 0 Å². The van der Waals surface area contributed by atoms with E-state index in [9.17, 15) is 10.1 Å². The SMILES string of the molecule is CC(C)Oc1cccc(OCCN)c1[N+](=O)[O-]. The molecule has 2 N–H and O–H groups in total. The molecule has 0 amide bonds. The zero-order chi connectivity index (χ0) is 12.8. The highest BCUT2D eigenvalue weighted by Gasteiger charge is 2.22. The Balaban J connectivity index is 3.08. The molecule has 17 heavy (non-hydrogen) atoms. The van der Waals surface area contributed by atoms with Crippen molar-refractivity contribution in [3.8, 4) is 11.5 Å². The molecule has 6 nitrogen and oxygen atoms in total. The second kappa shape index (κ2) is 6.05. The van der Waals surface area contributed by atoms with E-state index < -0.39 is 4.92 Å². The molecule has 0 aliphatic heterocycles. The summed E-state index contributed by atoms with van der Waals surface area (Å²) in [5.74, 6) is 0.387. The van der Waals surface area contributed by atoms with Gasteiger partial charge >= 0.3 is 5.69 Å². The fourth-order valence-corrected chi connectivity index (χ4v) is 1.32. The van der Waals surface area contributed by atoms with Crippen molar-refractivity contribution in [1.29, 1.82) is 0 Å². The molecule has 0 aromatic heterocycles. The van der Waals surface area contributed by atoms with E-state index >= 15 is 0 Å². The first kappa shape index (κ1) is 13.2. The summed E-state index contributed by atoms with van der Waals surface area (Å²) in [4.78, 5) is 10.5. The summed E-state index contributed by atoms with van der Waals surface area (Å²) in [6.07, 6.45) is -0.140. The van der Waals surface area contributed by atoms with Crippen LogP contribution in [-0.2, 0) is 0 Å². The molecule has 0 heterocycles. The molecule has 0 fully saturated rings. The van der Waals surface area contributed by atoms with Gasteiger partial charge in [0, 0.05) is 6.54 Å². The summed E-state index contributed by atoms with van der Waals surface area (Å²) >= 11 is 0. The molecule has 0 saturated heterocycles. The van der Waals surface area contributed by atoms with Crippen molar-refractivity contribution in [3.63, 3.8) is 0 Å².